The Kier molecular flexibility index (Phi) is 11.3. The number of rotatable bonds is 10. The van der Waals surface area contributed by atoms with Crippen molar-refractivity contribution in [2.75, 3.05) is 18.4 Å². The van der Waals surface area contributed by atoms with Crippen LogP contribution >= 0.6 is 0 Å². The first-order valence-corrected chi connectivity index (χ1v) is 19.4. The van der Waals surface area contributed by atoms with Crippen molar-refractivity contribution in [3.8, 4) is 11.8 Å². The summed E-state index contributed by atoms with van der Waals surface area (Å²) >= 11 is 0. The first kappa shape index (κ1) is 40.4. The molecule has 4 heterocycles. The molecule has 16 heteroatoms. The number of anilines is 1. The van der Waals surface area contributed by atoms with E-state index in [2.05, 4.69) is 32.8 Å². The fourth-order valence-corrected chi connectivity index (χ4v) is 7.94. The number of aliphatic hydroxyl groups is 1. The van der Waals surface area contributed by atoms with Crippen molar-refractivity contribution < 1.29 is 32.7 Å². The minimum atomic E-state index is -4.70. The smallest absolute Gasteiger partial charge is 0.386 e. The van der Waals surface area contributed by atoms with Gasteiger partial charge in [0.2, 0.25) is 11.8 Å². The average molecular weight is 799 g/mol. The van der Waals surface area contributed by atoms with Crippen LogP contribution in [0.25, 0.3) is 21.9 Å². The zero-order valence-corrected chi connectivity index (χ0v) is 32.4. The highest BCUT2D eigenvalue weighted by Gasteiger charge is 2.34. The number of nitrogens with zero attached hydrogens (tertiary/aromatic N) is 5. The van der Waals surface area contributed by atoms with Gasteiger partial charge in [0.15, 0.2) is 0 Å². The molecule has 13 nitrogen and oxygen atoms in total. The number of nitrogens with one attached hydrogen (secondary N) is 3. The first-order chi connectivity index (χ1) is 27.6. The molecule has 2 aromatic carbocycles. The molecule has 4 N–H and O–H groups in total. The summed E-state index contributed by atoms with van der Waals surface area (Å²) in [7, 11) is 1.66. The molecule has 304 valence electrons. The summed E-state index contributed by atoms with van der Waals surface area (Å²) in [5, 5.41) is 25.0. The number of amides is 3. The first-order valence-electron chi connectivity index (χ1n) is 19.4. The molecular weight excluding hydrogens is 754 g/mol. The van der Waals surface area contributed by atoms with Crippen LogP contribution in [-0.4, -0.2) is 59.8 Å². The van der Waals surface area contributed by atoms with Gasteiger partial charge in [0, 0.05) is 42.7 Å². The molecule has 0 bridgehead atoms. The lowest BCUT2D eigenvalue weighted by Gasteiger charge is -2.28. The molecule has 5 aromatic rings. The van der Waals surface area contributed by atoms with Gasteiger partial charge in [-0.05, 0) is 108 Å². The maximum absolute atomic E-state index is 13.2. The van der Waals surface area contributed by atoms with Crippen molar-refractivity contribution >= 4 is 45.3 Å². The summed E-state index contributed by atoms with van der Waals surface area (Å²) in [5.74, 6) is 5.32. The van der Waals surface area contributed by atoms with Crippen LogP contribution in [-0.2, 0) is 28.4 Å². The van der Waals surface area contributed by atoms with Crippen molar-refractivity contribution in [3.05, 3.63) is 87.7 Å². The number of benzene rings is 2. The number of imide groups is 1. The van der Waals surface area contributed by atoms with Crippen LogP contribution < -0.4 is 21.6 Å². The second-order valence-electron chi connectivity index (χ2n) is 15.6. The highest BCUT2D eigenvalue weighted by molar-refractivity contribution is 6.04. The molecule has 1 aliphatic heterocycles. The Balaban J connectivity index is 0.913. The highest BCUT2D eigenvalue weighted by Crippen LogP contribution is 2.36. The predicted octanol–water partition coefficient (Wildman–Crippen LogP) is 5.71. The van der Waals surface area contributed by atoms with E-state index in [1.54, 1.807) is 39.1 Å². The van der Waals surface area contributed by atoms with Gasteiger partial charge in [0.25, 0.3) is 5.91 Å². The summed E-state index contributed by atoms with van der Waals surface area (Å²) in [6, 6.07) is 11.4. The topological polar surface area (TPSA) is 165 Å². The van der Waals surface area contributed by atoms with Gasteiger partial charge in [-0.25, -0.2) is 9.78 Å². The normalized spacial score (nSPS) is 18.9. The number of carbonyl (C=O) groups is 3. The largest absolute Gasteiger partial charge is 0.433 e. The number of alkyl halides is 3. The molecule has 2 aliphatic rings. The third-order valence-electron chi connectivity index (χ3n) is 11.0. The van der Waals surface area contributed by atoms with Gasteiger partial charge >= 0.3 is 11.9 Å². The maximum atomic E-state index is 13.2. The van der Waals surface area contributed by atoms with Gasteiger partial charge < -0.3 is 15.7 Å². The fraction of sp³-hybridized carbons (Fsp3) is 0.429. The van der Waals surface area contributed by atoms with E-state index >= 15 is 0 Å². The summed E-state index contributed by atoms with van der Waals surface area (Å²) in [5.41, 5.74) is -0.0449. The number of hydrogen-bond donors (Lipinski definition) is 4. The molecule has 1 atom stereocenters. The maximum Gasteiger partial charge on any atom is 0.433 e. The minimum absolute atomic E-state index is 0.168. The summed E-state index contributed by atoms with van der Waals surface area (Å²) in [6.45, 7) is 4.81. The van der Waals surface area contributed by atoms with E-state index in [1.165, 1.54) is 15.2 Å². The van der Waals surface area contributed by atoms with Crippen molar-refractivity contribution in [1.29, 1.82) is 0 Å². The van der Waals surface area contributed by atoms with Crippen LogP contribution in [0.15, 0.2) is 59.5 Å². The van der Waals surface area contributed by atoms with Gasteiger partial charge in [-0.1, -0.05) is 24.0 Å². The van der Waals surface area contributed by atoms with E-state index in [1.807, 2.05) is 23.0 Å². The Morgan fingerprint density at radius 1 is 1.03 bits per heavy atom. The molecule has 1 saturated carbocycles. The highest BCUT2D eigenvalue weighted by atomic mass is 19.4. The number of aryl methyl sites for hydroxylation is 1. The SMILES string of the molecule is Cn1c(=O)n(C2CCC(=O)NC2=O)c2cccc(C#CCCCNC[C@H]3CC[C@H](n4cc5cc(NC(=O)c6cccc(C(F)(F)F)n6)c(C(C)(C)O)cc5n4)CC3)c21. The van der Waals surface area contributed by atoms with E-state index in [9.17, 15) is 37.5 Å². The van der Waals surface area contributed by atoms with E-state index in [4.69, 9.17) is 5.10 Å². The fourth-order valence-electron chi connectivity index (χ4n) is 7.94. The zero-order chi connectivity index (χ0) is 41.4. The number of halogens is 3. The van der Waals surface area contributed by atoms with Crippen LogP contribution in [0.1, 0.15) is 105 Å². The Morgan fingerprint density at radius 3 is 2.52 bits per heavy atom. The van der Waals surface area contributed by atoms with Crippen molar-refractivity contribution in [3.63, 3.8) is 0 Å². The number of aromatic nitrogens is 5. The van der Waals surface area contributed by atoms with Crippen molar-refractivity contribution in [1.82, 2.24) is 34.5 Å². The predicted molar refractivity (Wildman–Crippen MR) is 211 cm³/mol. The lowest BCUT2D eigenvalue weighted by Crippen LogP contribution is -2.44. The number of para-hydroxylation sites is 1. The average Bonchev–Trinajstić information content (AvgIpc) is 3.71. The number of hydrogen-bond acceptors (Lipinski definition) is 8. The standard InChI is InChI=1S/C42H45F3N8O5/c1-41(2,58)29-22-31-27(21-32(29)48-38(55)30-11-8-13-35(47-30)42(43,44)45)24-52(50-31)28-16-14-25(15-17-28)23-46-20-6-4-5-9-26-10-7-12-33-37(26)51(3)40(57)53(33)34-18-19-36(54)49-39(34)56/h7-8,10-13,21-22,24-25,28,34,46,58H,4,6,14-20,23H2,1-3H3,(H,48,55)(H,49,54,56)/t25-,28-,34?. The van der Waals surface area contributed by atoms with E-state index < -0.39 is 41.0 Å². The Bertz CT molecular complexity index is 2510. The van der Waals surface area contributed by atoms with Crippen molar-refractivity contribution in [2.45, 2.75) is 89.1 Å². The number of imidazole rings is 1. The molecule has 0 spiro atoms. The second kappa shape index (κ2) is 16.2. The molecular formula is C42H45F3N8O5. The van der Waals surface area contributed by atoms with E-state index in [0.717, 1.165) is 62.7 Å². The monoisotopic (exact) mass is 798 g/mol. The Hall–Kier alpha value is -5.79. The van der Waals surface area contributed by atoms with Crippen LogP contribution in [0.4, 0.5) is 18.9 Å². The van der Waals surface area contributed by atoms with Crippen molar-refractivity contribution in [2.24, 2.45) is 13.0 Å². The lowest BCUT2D eigenvalue weighted by molar-refractivity contribution is -0.141. The van der Waals surface area contributed by atoms with Gasteiger partial charge in [-0.3, -0.25) is 33.5 Å². The second-order valence-corrected chi connectivity index (χ2v) is 15.6. The van der Waals surface area contributed by atoms with Gasteiger partial charge in [0.1, 0.15) is 17.4 Å². The molecule has 1 unspecified atom stereocenters. The zero-order valence-electron chi connectivity index (χ0n) is 32.4. The Morgan fingerprint density at radius 2 is 1.79 bits per heavy atom. The summed E-state index contributed by atoms with van der Waals surface area (Å²) in [6.07, 6.45) is 3.03. The third kappa shape index (κ3) is 8.56. The number of pyridine rings is 1. The Labute approximate surface area is 332 Å². The number of piperidine rings is 1. The summed E-state index contributed by atoms with van der Waals surface area (Å²) in [4.78, 5) is 53.9. The molecule has 1 aliphatic carbocycles. The molecule has 0 radical (unpaired) electrons. The third-order valence-corrected chi connectivity index (χ3v) is 11.0. The van der Waals surface area contributed by atoms with Gasteiger partial charge in [0.05, 0.1) is 33.8 Å². The van der Waals surface area contributed by atoms with Crippen LogP contribution in [0, 0.1) is 17.8 Å². The van der Waals surface area contributed by atoms with E-state index in [0.29, 0.717) is 40.0 Å². The molecule has 7 rings (SSSR count). The molecule has 3 aromatic heterocycles. The van der Waals surface area contributed by atoms with E-state index in [-0.39, 0.29) is 36.2 Å². The summed E-state index contributed by atoms with van der Waals surface area (Å²) < 4.78 is 44.6. The molecule has 3 amide bonds. The van der Waals surface area contributed by atoms with Gasteiger partial charge in [-0.15, -0.1) is 0 Å². The number of carbonyl (C=O) groups excluding carboxylic acids is 3. The number of fused-ring (bicyclic) bond motifs is 2. The molecule has 58 heavy (non-hydrogen) atoms. The molecule has 1 saturated heterocycles. The molecule has 2 fully saturated rings. The lowest BCUT2D eigenvalue weighted by atomic mass is 9.86. The van der Waals surface area contributed by atoms with Gasteiger partial charge in [-0.2, -0.15) is 18.3 Å². The van der Waals surface area contributed by atoms with Crippen LogP contribution in [0.3, 0.4) is 0 Å². The minimum Gasteiger partial charge on any atom is -0.386 e. The number of unbranched alkanes of at least 4 members (excludes halogenated alkanes) is 1. The van der Waals surface area contributed by atoms with Crippen LogP contribution in [0.2, 0.25) is 0 Å². The quantitative estimate of drug-likeness (QED) is 0.0793. The van der Waals surface area contributed by atoms with Crippen LogP contribution in [0.5, 0.6) is 0 Å².